The zero-order chi connectivity index (χ0) is 19.8. The van der Waals surface area contributed by atoms with Gasteiger partial charge in [-0.3, -0.25) is 14.4 Å². The van der Waals surface area contributed by atoms with Gasteiger partial charge in [0.05, 0.1) is 10.0 Å². The van der Waals surface area contributed by atoms with E-state index in [0.717, 1.165) is 0 Å². The molecular weight excluding hydrogens is 389 g/mol. The number of halogens is 2. The Morgan fingerprint density at radius 3 is 2.37 bits per heavy atom. The van der Waals surface area contributed by atoms with E-state index in [0.29, 0.717) is 27.7 Å². The van der Waals surface area contributed by atoms with Crippen LogP contribution in [0.1, 0.15) is 36.5 Å². The number of hydrogen-bond acceptors (Lipinski definition) is 4. The molecule has 0 saturated heterocycles. The molecule has 0 aliphatic heterocycles. The second-order valence-electron chi connectivity index (χ2n) is 5.89. The monoisotopic (exact) mass is 407 g/mol. The standard InChI is InChI=1S/C20H19Cl2NO4/c1-13(20(26)14-6-3-2-4-7-14)27-19(25)9-5-8-18(24)23-15-10-11-16(21)17(22)12-15/h2-4,6-7,10-13H,5,8-9H2,1H3,(H,23,24)/t13-/m0/s1. The summed E-state index contributed by atoms with van der Waals surface area (Å²) in [5.74, 6) is -1.04. The van der Waals surface area contributed by atoms with Crippen LogP contribution in [0.15, 0.2) is 48.5 Å². The smallest absolute Gasteiger partial charge is 0.306 e. The fourth-order valence-electron chi connectivity index (χ4n) is 2.34. The zero-order valence-corrected chi connectivity index (χ0v) is 16.2. The van der Waals surface area contributed by atoms with Gasteiger partial charge in [-0.2, -0.15) is 0 Å². The first kappa shape index (κ1) is 20.9. The van der Waals surface area contributed by atoms with Gasteiger partial charge in [-0.15, -0.1) is 0 Å². The van der Waals surface area contributed by atoms with Crippen LogP contribution >= 0.6 is 23.2 Å². The average molecular weight is 408 g/mol. The number of ketones is 1. The molecule has 0 aromatic heterocycles. The highest BCUT2D eigenvalue weighted by molar-refractivity contribution is 6.42. The fourth-order valence-corrected chi connectivity index (χ4v) is 2.64. The number of carbonyl (C=O) groups is 3. The summed E-state index contributed by atoms with van der Waals surface area (Å²) >= 11 is 11.7. The molecule has 1 atom stereocenters. The second-order valence-corrected chi connectivity index (χ2v) is 6.71. The van der Waals surface area contributed by atoms with Gasteiger partial charge >= 0.3 is 5.97 Å². The number of anilines is 1. The minimum Gasteiger partial charge on any atom is -0.454 e. The second kappa shape index (κ2) is 10.1. The molecule has 27 heavy (non-hydrogen) atoms. The predicted molar refractivity (Wildman–Crippen MR) is 105 cm³/mol. The predicted octanol–water partition coefficient (Wildman–Crippen LogP) is 4.92. The number of carbonyl (C=O) groups excluding carboxylic acids is 3. The van der Waals surface area contributed by atoms with E-state index >= 15 is 0 Å². The maximum Gasteiger partial charge on any atom is 0.306 e. The van der Waals surface area contributed by atoms with Crippen LogP contribution in [0.25, 0.3) is 0 Å². The van der Waals surface area contributed by atoms with Gasteiger partial charge in [0, 0.05) is 24.1 Å². The maximum absolute atomic E-state index is 12.2. The Hall–Kier alpha value is -2.37. The number of amides is 1. The van der Waals surface area contributed by atoms with Crippen molar-refractivity contribution in [2.24, 2.45) is 0 Å². The summed E-state index contributed by atoms with van der Waals surface area (Å²) < 4.78 is 5.14. The van der Waals surface area contributed by atoms with E-state index in [9.17, 15) is 14.4 Å². The molecule has 1 amide bonds. The summed E-state index contributed by atoms with van der Waals surface area (Å²) in [4.78, 5) is 35.9. The minimum atomic E-state index is -0.870. The third-order valence-electron chi connectivity index (χ3n) is 3.72. The normalized spacial score (nSPS) is 11.5. The van der Waals surface area contributed by atoms with Crippen molar-refractivity contribution in [3.8, 4) is 0 Å². The highest BCUT2D eigenvalue weighted by Crippen LogP contribution is 2.25. The Morgan fingerprint density at radius 2 is 1.70 bits per heavy atom. The highest BCUT2D eigenvalue weighted by Gasteiger charge is 2.19. The Bertz CT molecular complexity index is 824. The molecule has 2 aromatic rings. The molecule has 7 heteroatoms. The van der Waals surface area contributed by atoms with Crippen molar-refractivity contribution < 1.29 is 19.1 Å². The van der Waals surface area contributed by atoms with Crippen LogP contribution in [0.5, 0.6) is 0 Å². The van der Waals surface area contributed by atoms with Crippen molar-refractivity contribution in [1.29, 1.82) is 0 Å². The fraction of sp³-hybridized carbons (Fsp3) is 0.250. The van der Waals surface area contributed by atoms with Crippen LogP contribution in [-0.4, -0.2) is 23.8 Å². The molecule has 0 aliphatic rings. The average Bonchev–Trinajstić information content (AvgIpc) is 2.64. The molecule has 0 bridgehead atoms. The number of hydrogen-bond donors (Lipinski definition) is 1. The largest absolute Gasteiger partial charge is 0.454 e. The van der Waals surface area contributed by atoms with Gasteiger partial charge in [0.1, 0.15) is 0 Å². The van der Waals surface area contributed by atoms with E-state index in [1.54, 1.807) is 48.5 Å². The molecule has 142 valence electrons. The Kier molecular flexibility index (Phi) is 7.82. The van der Waals surface area contributed by atoms with Gasteiger partial charge < -0.3 is 10.1 Å². The molecule has 0 heterocycles. The lowest BCUT2D eigenvalue weighted by atomic mass is 10.1. The lowest BCUT2D eigenvalue weighted by Crippen LogP contribution is -2.24. The third kappa shape index (κ3) is 6.70. The first-order chi connectivity index (χ1) is 12.9. The quantitative estimate of drug-likeness (QED) is 0.497. The van der Waals surface area contributed by atoms with E-state index in [4.69, 9.17) is 27.9 Å². The topological polar surface area (TPSA) is 72.5 Å². The van der Waals surface area contributed by atoms with Crippen molar-refractivity contribution in [2.45, 2.75) is 32.3 Å². The van der Waals surface area contributed by atoms with Gasteiger partial charge in [-0.05, 0) is 31.5 Å². The van der Waals surface area contributed by atoms with Crippen LogP contribution < -0.4 is 5.32 Å². The first-order valence-corrected chi connectivity index (χ1v) is 9.16. The van der Waals surface area contributed by atoms with Crippen molar-refractivity contribution >= 4 is 46.5 Å². The summed E-state index contributed by atoms with van der Waals surface area (Å²) in [7, 11) is 0. The summed E-state index contributed by atoms with van der Waals surface area (Å²) in [6.45, 7) is 1.53. The van der Waals surface area contributed by atoms with E-state index in [2.05, 4.69) is 5.32 Å². The van der Waals surface area contributed by atoms with Crippen molar-refractivity contribution in [3.05, 3.63) is 64.1 Å². The number of benzene rings is 2. The van der Waals surface area contributed by atoms with Crippen LogP contribution in [0.2, 0.25) is 10.0 Å². The number of rotatable bonds is 8. The Morgan fingerprint density at radius 1 is 1.00 bits per heavy atom. The lowest BCUT2D eigenvalue weighted by Gasteiger charge is -2.12. The lowest BCUT2D eigenvalue weighted by molar-refractivity contribution is -0.146. The Balaban J connectivity index is 1.72. The Labute approximate surface area is 167 Å². The van der Waals surface area contributed by atoms with Crippen molar-refractivity contribution in [2.75, 3.05) is 5.32 Å². The van der Waals surface area contributed by atoms with E-state index in [1.165, 1.54) is 6.92 Å². The van der Waals surface area contributed by atoms with Crippen LogP contribution in [0, 0.1) is 0 Å². The molecule has 5 nitrogen and oxygen atoms in total. The molecule has 0 aliphatic carbocycles. The number of nitrogens with one attached hydrogen (secondary N) is 1. The van der Waals surface area contributed by atoms with Crippen molar-refractivity contribution in [1.82, 2.24) is 0 Å². The molecule has 1 N–H and O–H groups in total. The summed E-state index contributed by atoms with van der Waals surface area (Å²) in [5.41, 5.74) is 1.01. The third-order valence-corrected chi connectivity index (χ3v) is 4.46. The number of Topliss-reactive ketones (excluding diaryl/α,β-unsaturated/α-hetero) is 1. The van der Waals surface area contributed by atoms with Crippen LogP contribution in [0.4, 0.5) is 5.69 Å². The summed E-state index contributed by atoms with van der Waals surface area (Å²) in [6, 6.07) is 13.4. The summed E-state index contributed by atoms with van der Waals surface area (Å²) in [6.07, 6.45) is -0.388. The molecule has 0 spiro atoms. The van der Waals surface area contributed by atoms with Crippen LogP contribution in [0.3, 0.4) is 0 Å². The van der Waals surface area contributed by atoms with Gasteiger partial charge in [-0.25, -0.2) is 0 Å². The van der Waals surface area contributed by atoms with E-state index in [1.807, 2.05) is 0 Å². The van der Waals surface area contributed by atoms with E-state index < -0.39 is 12.1 Å². The minimum absolute atomic E-state index is 0.0429. The first-order valence-electron chi connectivity index (χ1n) is 8.40. The number of esters is 1. The van der Waals surface area contributed by atoms with Gasteiger partial charge in [0.2, 0.25) is 11.7 Å². The van der Waals surface area contributed by atoms with E-state index in [-0.39, 0.29) is 24.5 Å². The maximum atomic E-state index is 12.2. The van der Waals surface area contributed by atoms with Crippen molar-refractivity contribution in [3.63, 3.8) is 0 Å². The van der Waals surface area contributed by atoms with Crippen LogP contribution in [-0.2, 0) is 14.3 Å². The van der Waals surface area contributed by atoms with Gasteiger partial charge in [-0.1, -0.05) is 53.5 Å². The molecule has 2 aromatic carbocycles. The molecular formula is C20H19Cl2NO4. The summed E-state index contributed by atoms with van der Waals surface area (Å²) in [5, 5.41) is 3.42. The zero-order valence-electron chi connectivity index (χ0n) is 14.7. The van der Waals surface area contributed by atoms with Gasteiger partial charge in [0.25, 0.3) is 0 Å². The number of ether oxygens (including phenoxy) is 1. The molecule has 0 saturated carbocycles. The highest BCUT2D eigenvalue weighted by atomic mass is 35.5. The molecule has 0 fully saturated rings. The van der Waals surface area contributed by atoms with Gasteiger partial charge in [0.15, 0.2) is 6.10 Å². The molecule has 2 rings (SSSR count). The molecule has 0 radical (unpaired) electrons. The molecule has 0 unspecified atom stereocenters. The SMILES string of the molecule is C[C@H](OC(=O)CCCC(=O)Nc1ccc(Cl)c(Cl)c1)C(=O)c1ccccc1.